The van der Waals surface area contributed by atoms with Crippen molar-refractivity contribution in [1.29, 1.82) is 0 Å². The van der Waals surface area contributed by atoms with Crippen LogP contribution in [0.2, 0.25) is 0 Å². The van der Waals surface area contributed by atoms with Crippen LogP contribution in [0.1, 0.15) is 23.1 Å². The second kappa shape index (κ2) is 9.61. The van der Waals surface area contributed by atoms with Crippen LogP contribution in [0.15, 0.2) is 71.9 Å². The molecule has 0 fully saturated rings. The van der Waals surface area contributed by atoms with Gasteiger partial charge in [-0.1, -0.05) is 60.3 Å². The number of ether oxygens (including phenoxy) is 1. The van der Waals surface area contributed by atoms with Crippen LogP contribution >= 0.6 is 11.8 Å². The molecular formula is C23H20N4O4S. The Morgan fingerprint density at radius 3 is 2.69 bits per heavy atom. The van der Waals surface area contributed by atoms with Gasteiger partial charge in [0.15, 0.2) is 16.8 Å². The molecule has 0 bridgehead atoms. The molecule has 0 spiro atoms. The summed E-state index contributed by atoms with van der Waals surface area (Å²) in [5.41, 5.74) is 0.194. The highest BCUT2D eigenvalue weighted by Gasteiger charge is 2.16. The Balaban J connectivity index is 1.44. The molecule has 1 heterocycles. The number of aromatic nitrogens is 3. The maximum atomic E-state index is 12.5. The van der Waals surface area contributed by atoms with Gasteiger partial charge in [0.1, 0.15) is 12.4 Å². The van der Waals surface area contributed by atoms with Crippen LogP contribution in [-0.2, 0) is 13.2 Å². The Morgan fingerprint density at radius 1 is 1.09 bits per heavy atom. The topological polar surface area (TPSA) is 100 Å². The number of non-ortho nitro benzene ring substituents is 1. The standard InChI is InChI=1S/C23H20N4O4S/c1-2-26-22(14-31-21-12-6-8-16-7-3-4-11-19(16)21)24-25-23(26)32-15-20(28)17-9-5-10-18(13-17)27(29)30/h3-13H,2,14-15H2,1H3. The molecule has 0 unspecified atom stereocenters. The number of hydrogen-bond donors (Lipinski definition) is 0. The van der Waals surface area contributed by atoms with Gasteiger partial charge in [0.05, 0.1) is 10.7 Å². The van der Waals surface area contributed by atoms with Crippen molar-refractivity contribution in [3.63, 3.8) is 0 Å². The summed E-state index contributed by atoms with van der Waals surface area (Å²) >= 11 is 1.25. The van der Waals surface area contributed by atoms with Crippen molar-refractivity contribution in [2.45, 2.75) is 25.2 Å². The third-order valence-corrected chi connectivity index (χ3v) is 5.89. The molecule has 0 saturated heterocycles. The van der Waals surface area contributed by atoms with Crippen molar-refractivity contribution >= 4 is 34.0 Å². The van der Waals surface area contributed by atoms with Gasteiger partial charge in [-0.25, -0.2) is 0 Å². The quantitative estimate of drug-likeness (QED) is 0.155. The molecule has 0 aliphatic carbocycles. The Bertz CT molecular complexity index is 1280. The predicted octanol–water partition coefficient (Wildman–Crippen LogP) is 4.91. The van der Waals surface area contributed by atoms with Gasteiger partial charge in [-0.3, -0.25) is 14.9 Å². The van der Waals surface area contributed by atoms with Crippen LogP contribution in [0.3, 0.4) is 0 Å². The minimum absolute atomic E-state index is 0.101. The van der Waals surface area contributed by atoms with Crippen LogP contribution in [0.25, 0.3) is 10.8 Å². The number of benzene rings is 3. The Morgan fingerprint density at radius 2 is 1.88 bits per heavy atom. The summed E-state index contributed by atoms with van der Waals surface area (Å²) < 4.78 is 7.93. The summed E-state index contributed by atoms with van der Waals surface area (Å²) in [6, 6.07) is 19.6. The number of Topliss-reactive ketones (excluding diaryl/α,β-unsaturated/α-hetero) is 1. The van der Waals surface area contributed by atoms with E-state index in [2.05, 4.69) is 10.2 Å². The van der Waals surface area contributed by atoms with Gasteiger partial charge in [0.25, 0.3) is 5.69 Å². The van der Waals surface area contributed by atoms with Crippen molar-refractivity contribution in [2.24, 2.45) is 0 Å². The number of nitro benzene ring substituents is 1. The molecule has 0 aliphatic rings. The van der Waals surface area contributed by atoms with Gasteiger partial charge in [0.2, 0.25) is 0 Å². The molecule has 1 aromatic heterocycles. The summed E-state index contributed by atoms with van der Waals surface area (Å²) in [4.78, 5) is 22.9. The Kier molecular flexibility index (Phi) is 6.46. The number of carbonyl (C=O) groups is 1. The van der Waals surface area contributed by atoms with E-state index in [1.165, 1.54) is 30.0 Å². The molecule has 4 aromatic rings. The average molecular weight is 449 g/mol. The van der Waals surface area contributed by atoms with E-state index < -0.39 is 4.92 Å². The van der Waals surface area contributed by atoms with Gasteiger partial charge in [-0.15, -0.1) is 10.2 Å². The first kappa shape index (κ1) is 21.5. The fourth-order valence-corrected chi connectivity index (χ4v) is 4.24. The molecule has 32 heavy (non-hydrogen) atoms. The average Bonchev–Trinajstić information content (AvgIpc) is 3.22. The molecule has 4 rings (SSSR count). The van der Waals surface area contributed by atoms with E-state index in [0.717, 1.165) is 16.5 Å². The molecule has 0 saturated carbocycles. The van der Waals surface area contributed by atoms with Crippen LogP contribution in [0.5, 0.6) is 5.75 Å². The summed E-state index contributed by atoms with van der Waals surface area (Å²) in [5.74, 6) is 1.32. The van der Waals surface area contributed by atoms with E-state index in [-0.39, 0.29) is 23.8 Å². The molecule has 0 amide bonds. The number of nitrogens with zero attached hydrogens (tertiary/aromatic N) is 4. The van der Waals surface area contributed by atoms with Crippen molar-refractivity contribution < 1.29 is 14.5 Å². The maximum Gasteiger partial charge on any atom is 0.270 e. The van der Waals surface area contributed by atoms with E-state index in [4.69, 9.17) is 4.74 Å². The first-order chi connectivity index (χ1) is 15.6. The van der Waals surface area contributed by atoms with Crippen molar-refractivity contribution in [2.75, 3.05) is 5.75 Å². The molecule has 0 radical (unpaired) electrons. The van der Waals surface area contributed by atoms with E-state index in [9.17, 15) is 14.9 Å². The molecule has 3 aromatic carbocycles. The lowest BCUT2D eigenvalue weighted by Crippen LogP contribution is -2.08. The zero-order valence-corrected chi connectivity index (χ0v) is 18.1. The third kappa shape index (κ3) is 4.62. The van der Waals surface area contributed by atoms with Crippen molar-refractivity contribution in [3.8, 4) is 5.75 Å². The SMILES string of the molecule is CCn1c(COc2cccc3ccccc23)nnc1SCC(=O)c1cccc([N+](=O)[O-])c1. The summed E-state index contributed by atoms with van der Waals surface area (Å²) in [7, 11) is 0. The summed E-state index contributed by atoms with van der Waals surface area (Å²) in [5, 5.41) is 22.1. The number of carbonyl (C=O) groups excluding carboxylic acids is 1. The van der Waals surface area contributed by atoms with Gasteiger partial charge < -0.3 is 9.30 Å². The smallest absolute Gasteiger partial charge is 0.270 e. The molecule has 8 nitrogen and oxygen atoms in total. The molecule has 9 heteroatoms. The number of fused-ring (bicyclic) bond motifs is 1. The Hall–Kier alpha value is -3.72. The van der Waals surface area contributed by atoms with Gasteiger partial charge >= 0.3 is 0 Å². The lowest BCUT2D eigenvalue weighted by molar-refractivity contribution is -0.384. The second-order valence-electron chi connectivity index (χ2n) is 6.93. The maximum absolute atomic E-state index is 12.5. The monoisotopic (exact) mass is 448 g/mol. The lowest BCUT2D eigenvalue weighted by atomic mass is 10.1. The van der Waals surface area contributed by atoms with Crippen LogP contribution in [0, 0.1) is 10.1 Å². The number of rotatable bonds is 9. The predicted molar refractivity (Wildman–Crippen MR) is 122 cm³/mol. The molecule has 162 valence electrons. The highest BCUT2D eigenvalue weighted by Crippen LogP contribution is 2.26. The largest absolute Gasteiger partial charge is 0.485 e. The number of ketones is 1. The number of hydrogen-bond acceptors (Lipinski definition) is 7. The van der Waals surface area contributed by atoms with Crippen LogP contribution in [-0.4, -0.2) is 31.2 Å². The normalized spacial score (nSPS) is 10.9. The first-order valence-corrected chi connectivity index (χ1v) is 11.0. The summed E-state index contributed by atoms with van der Waals surface area (Å²) in [6.07, 6.45) is 0. The Labute approximate surface area is 188 Å². The van der Waals surface area contributed by atoms with E-state index in [0.29, 0.717) is 23.1 Å². The van der Waals surface area contributed by atoms with Gasteiger partial charge in [-0.05, 0) is 18.4 Å². The number of thioether (sulfide) groups is 1. The first-order valence-electron chi connectivity index (χ1n) is 10.00. The van der Waals surface area contributed by atoms with Crippen molar-refractivity contribution in [3.05, 3.63) is 88.2 Å². The van der Waals surface area contributed by atoms with E-state index in [1.807, 2.05) is 54.0 Å². The highest BCUT2D eigenvalue weighted by molar-refractivity contribution is 7.99. The van der Waals surface area contributed by atoms with E-state index in [1.54, 1.807) is 6.07 Å². The minimum atomic E-state index is -0.514. The molecule has 0 atom stereocenters. The van der Waals surface area contributed by atoms with E-state index >= 15 is 0 Å². The second-order valence-corrected chi connectivity index (χ2v) is 7.87. The van der Waals surface area contributed by atoms with Crippen molar-refractivity contribution in [1.82, 2.24) is 14.8 Å². The third-order valence-electron chi connectivity index (χ3n) is 4.93. The molecular weight excluding hydrogens is 428 g/mol. The minimum Gasteiger partial charge on any atom is -0.485 e. The van der Waals surface area contributed by atoms with Gasteiger partial charge in [0, 0.05) is 29.6 Å². The fraction of sp³-hybridized carbons (Fsp3) is 0.174. The van der Waals surface area contributed by atoms with Crippen LogP contribution < -0.4 is 4.74 Å². The summed E-state index contributed by atoms with van der Waals surface area (Å²) in [6.45, 7) is 2.83. The van der Waals surface area contributed by atoms with Crippen LogP contribution in [0.4, 0.5) is 5.69 Å². The van der Waals surface area contributed by atoms with Gasteiger partial charge in [-0.2, -0.15) is 0 Å². The molecule has 0 N–H and O–H groups in total. The highest BCUT2D eigenvalue weighted by atomic mass is 32.2. The fourth-order valence-electron chi connectivity index (χ4n) is 3.32. The zero-order chi connectivity index (χ0) is 22.5. The lowest BCUT2D eigenvalue weighted by Gasteiger charge is -2.10. The molecule has 0 aliphatic heterocycles. The zero-order valence-electron chi connectivity index (χ0n) is 17.3. The number of nitro groups is 1.